The summed E-state index contributed by atoms with van der Waals surface area (Å²) in [6.07, 6.45) is 4.90. The predicted octanol–water partition coefficient (Wildman–Crippen LogP) is 2.79. The van der Waals surface area contributed by atoms with Crippen LogP contribution in [-0.2, 0) is 0 Å². The third kappa shape index (κ3) is 5.24. The highest BCUT2D eigenvalue weighted by Crippen LogP contribution is 2.20. The molecule has 2 rings (SSSR count). The molecule has 21 heavy (non-hydrogen) atoms. The molecule has 2 heterocycles. The molecule has 1 aliphatic heterocycles. The van der Waals surface area contributed by atoms with Gasteiger partial charge in [0.1, 0.15) is 5.82 Å². The maximum Gasteiger partial charge on any atom is 0.128 e. The molecular weight excluding hydrogens is 328 g/mol. The Morgan fingerprint density at radius 3 is 2.76 bits per heavy atom. The number of pyridine rings is 1. The van der Waals surface area contributed by atoms with Gasteiger partial charge in [0, 0.05) is 24.1 Å². The van der Waals surface area contributed by atoms with Crippen molar-refractivity contribution in [2.24, 2.45) is 5.73 Å². The van der Waals surface area contributed by atoms with Gasteiger partial charge in [-0.1, -0.05) is 6.42 Å². The maximum atomic E-state index is 5.55. The number of hydrogen-bond acceptors (Lipinski definition) is 4. The molecule has 1 aromatic rings. The second-order valence-electron chi connectivity index (χ2n) is 5.77. The van der Waals surface area contributed by atoms with Crippen LogP contribution in [0.4, 0.5) is 5.82 Å². The van der Waals surface area contributed by atoms with Crippen molar-refractivity contribution in [1.29, 1.82) is 0 Å². The molecule has 0 aromatic carbocycles. The van der Waals surface area contributed by atoms with E-state index in [1.165, 1.54) is 32.4 Å². The third-order valence-corrected chi connectivity index (χ3v) is 4.94. The molecule has 1 aromatic heterocycles. The first-order chi connectivity index (χ1) is 10.2. The topological polar surface area (TPSA) is 45.4 Å². The van der Waals surface area contributed by atoms with Gasteiger partial charge in [0.25, 0.3) is 0 Å². The van der Waals surface area contributed by atoms with Gasteiger partial charge >= 0.3 is 0 Å². The van der Waals surface area contributed by atoms with Crippen molar-refractivity contribution in [1.82, 2.24) is 9.88 Å². The van der Waals surface area contributed by atoms with Gasteiger partial charge in [-0.3, -0.25) is 0 Å². The van der Waals surface area contributed by atoms with Gasteiger partial charge in [0.05, 0.1) is 5.69 Å². The van der Waals surface area contributed by atoms with Crippen LogP contribution in [0.25, 0.3) is 0 Å². The van der Waals surface area contributed by atoms with Gasteiger partial charge in [0.2, 0.25) is 0 Å². The number of nitrogens with zero attached hydrogens (tertiary/aromatic N) is 3. The number of anilines is 1. The lowest BCUT2D eigenvalue weighted by Gasteiger charge is -2.23. The molecule has 1 aliphatic rings. The lowest BCUT2D eigenvalue weighted by Crippen LogP contribution is -2.31. The van der Waals surface area contributed by atoms with Crippen LogP contribution in [0.5, 0.6) is 0 Å². The van der Waals surface area contributed by atoms with E-state index in [-0.39, 0.29) is 0 Å². The van der Waals surface area contributed by atoms with E-state index in [4.69, 9.17) is 10.7 Å². The van der Waals surface area contributed by atoms with Crippen molar-refractivity contribution in [2.45, 2.75) is 32.6 Å². The highest BCUT2D eigenvalue weighted by atomic mass is 79.9. The van der Waals surface area contributed by atoms with E-state index < -0.39 is 0 Å². The Morgan fingerprint density at radius 2 is 2.00 bits per heavy atom. The van der Waals surface area contributed by atoms with Crippen LogP contribution in [0.3, 0.4) is 0 Å². The standard InChI is InChI=1S/C16H27BrN4/c1-14-15(17)6-7-16(19-14)21-11-5-10-20(12-13-21)9-4-2-3-8-18/h6-7H,2-5,8-13,18H2,1H3. The van der Waals surface area contributed by atoms with Crippen LogP contribution in [0.2, 0.25) is 0 Å². The zero-order valence-corrected chi connectivity index (χ0v) is 14.6. The maximum absolute atomic E-state index is 5.55. The molecule has 0 atom stereocenters. The first-order valence-electron chi connectivity index (χ1n) is 8.01. The van der Waals surface area contributed by atoms with Gasteiger partial charge < -0.3 is 15.5 Å². The SMILES string of the molecule is Cc1nc(N2CCCN(CCCCCN)CC2)ccc1Br. The van der Waals surface area contributed by atoms with Crippen molar-refractivity contribution in [3.63, 3.8) is 0 Å². The van der Waals surface area contributed by atoms with E-state index in [2.05, 4.69) is 44.8 Å². The molecule has 0 amide bonds. The quantitative estimate of drug-likeness (QED) is 0.797. The Balaban J connectivity index is 1.84. The minimum atomic E-state index is 0.822. The zero-order chi connectivity index (χ0) is 15.1. The molecule has 0 unspecified atom stereocenters. The van der Waals surface area contributed by atoms with Crippen molar-refractivity contribution in [3.8, 4) is 0 Å². The molecule has 1 saturated heterocycles. The number of hydrogen-bond donors (Lipinski definition) is 1. The molecule has 5 heteroatoms. The van der Waals surface area contributed by atoms with E-state index in [1.54, 1.807) is 0 Å². The van der Waals surface area contributed by atoms with Crippen molar-refractivity contribution >= 4 is 21.7 Å². The van der Waals surface area contributed by atoms with Crippen LogP contribution in [-0.4, -0.2) is 49.2 Å². The Kier molecular flexibility index (Phi) is 6.93. The van der Waals surface area contributed by atoms with Gasteiger partial charge in [-0.25, -0.2) is 4.98 Å². The fourth-order valence-electron chi connectivity index (χ4n) is 2.79. The summed E-state index contributed by atoms with van der Waals surface area (Å²) in [6.45, 7) is 8.60. The van der Waals surface area contributed by atoms with E-state index in [0.29, 0.717) is 0 Å². The first kappa shape index (κ1) is 16.7. The number of halogens is 1. The minimum absolute atomic E-state index is 0.822. The van der Waals surface area contributed by atoms with Gasteiger partial charge in [-0.05, 0) is 73.9 Å². The van der Waals surface area contributed by atoms with Crippen LogP contribution in [0, 0.1) is 6.92 Å². The molecule has 2 N–H and O–H groups in total. The van der Waals surface area contributed by atoms with E-state index >= 15 is 0 Å². The lowest BCUT2D eigenvalue weighted by molar-refractivity contribution is 0.286. The van der Waals surface area contributed by atoms with Crippen molar-refractivity contribution in [3.05, 3.63) is 22.3 Å². The Bertz CT molecular complexity index is 438. The highest BCUT2D eigenvalue weighted by Gasteiger charge is 2.16. The fraction of sp³-hybridized carbons (Fsp3) is 0.688. The third-order valence-electron chi connectivity index (χ3n) is 4.10. The number of rotatable bonds is 6. The summed E-state index contributed by atoms with van der Waals surface area (Å²) >= 11 is 3.52. The Hall–Kier alpha value is -0.650. The van der Waals surface area contributed by atoms with E-state index in [9.17, 15) is 0 Å². The molecule has 118 valence electrons. The summed E-state index contributed by atoms with van der Waals surface area (Å²) in [7, 11) is 0. The fourth-order valence-corrected chi connectivity index (χ4v) is 3.01. The Labute approximate surface area is 136 Å². The number of aromatic nitrogens is 1. The highest BCUT2D eigenvalue weighted by molar-refractivity contribution is 9.10. The molecule has 4 nitrogen and oxygen atoms in total. The molecule has 0 saturated carbocycles. The van der Waals surface area contributed by atoms with Gasteiger partial charge in [-0.15, -0.1) is 0 Å². The number of aryl methyl sites for hydroxylation is 1. The number of nitrogens with two attached hydrogens (primary N) is 1. The molecule has 0 spiro atoms. The average Bonchev–Trinajstić information content (AvgIpc) is 2.72. The lowest BCUT2D eigenvalue weighted by atomic mass is 10.2. The van der Waals surface area contributed by atoms with E-state index in [1.807, 2.05) is 0 Å². The van der Waals surface area contributed by atoms with Crippen molar-refractivity contribution < 1.29 is 0 Å². The number of unbranched alkanes of at least 4 members (excludes halogenated alkanes) is 2. The van der Waals surface area contributed by atoms with Gasteiger partial charge in [-0.2, -0.15) is 0 Å². The first-order valence-corrected chi connectivity index (χ1v) is 8.80. The Morgan fingerprint density at radius 1 is 1.14 bits per heavy atom. The van der Waals surface area contributed by atoms with Crippen LogP contribution < -0.4 is 10.6 Å². The molecular formula is C16H27BrN4. The summed E-state index contributed by atoms with van der Waals surface area (Å²) in [6, 6.07) is 4.22. The predicted molar refractivity (Wildman–Crippen MR) is 92.8 cm³/mol. The molecule has 1 fully saturated rings. The van der Waals surface area contributed by atoms with Gasteiger partial charge in [0.15, 0.2) is 0 Å². The molecule has 0 aliphatic carbocycles. The summed E-state index contributed by atoms with van der Waals surface area (Å²) < 4.78 is 1.09. The second kappa shape index (κ2) is 8.71. The van der Waals surface area contributed by atoms with E-state index in [0.717, 1.165) is 48.6 Å². The average molecular weight is 355 g/mol. The van der Waals surface area contributed by atoms with Crippen LogP contribution in [0.1, 0.15) is 31.4 Å². The second-order valence-corrected chi connectivity index (χ2v) is 6.62. The monoisotopic (exact) mass is 354 g/mol. The van der Waals surface area contributed by atoms with Crippen LogP contribution in [0.15, 0.2) is 16.6 Å². The summed E-state index contributed by atoms with van der Waals surface area (Å²) in [5.74, 6) is 1.11. The van der Waals surface area contributed by atoms with Crippen molar-refractivity contribution in [2.75, 3.05) is 44.2 Å². The zero-order valence-electron chi connectivity index (χ0n) is 13.0. The summed E-state index contributed by atoms with van der Waals surface area (Å²) in [5, 5.41) is 0. The summed E-state index contributed by atoms with van der Waals surface area (Å²) in [5.41, 5.74) is 6.61. The molecule has 0 bridgehead atoms. The largest absolute Gasteiger partial charge is 0.355 e. The smallest absolute Gasteiger partial charge is 0.128 e. The minimum Gasteiger partial charge on any atom is -0.355 e. The summed E-state index contributed by atoms with van der Waals surface area (Å²) in [4.78, 5) is 9.70. The van der Waals surface area contributed by atoms with Crippen LogP contribution >= 0.6 is 15.9 Å². The normalized spacial score (nSPS) is 17.0. The molecule has 0 radical (unpaired) electrons.